The zero-order valence-electron chi connectivity index (χ0n) is 16.6. The van der Waals surface area contributed by atoms with Gasteiger partial charge in [0.15, 0.2) is 0 Å². The molecule has 2 atom stereocenters. The maximum atomic E-state index is 12.5. The third-order valence-electron chi connectivity index (χ3n) is 5.37. The van der Waals surface area contributed by atoms with Gasteiger partial charge in [-0.3, -0.25) is 9.69 Å². The van der Waals surface area contributed by atoms with Gasteiger partial charge in [0.25, 0.3) is 5.91 Å². The highest BCUT2D eigenvalue weighted by Crippen LogP contribution is 2.27. The van der Waals surface area contributed by atoms with Gasteiger partial charge in [-0.2, -0.15) is 0 Å². The average Bonchev–Trinajstić information content (AvgIpc) is 2.68. The van der Waals surface area contributed by atoms with Crippen molar-refractivity contribution in [2.75, 3.05) is 26.2 Å². The molecular weight excluding hydrogens is 360 g/mol. The first-order chi connectivity index (χ1) is 13.3. The predicted molar refractivity (Wildman–Crippen MR) is 105 cm³/mol. The molecule has 2 aliphatic rings. The number of amides is 1. The average molecular weight is 390 g/mol. The molecule has 2 N–H and O–H groups in total. The van der Waals surface area contributed by atoms with E-state index in [1.807, 2.05) is 35.2 Å². The third kappa shape index (κ3) is 6.34. The number of nitrogens with zero attached hydrogens (tertiary/aromatic N) is 2. The molecule has 2 fully saturated rings. The zero-order valence-corrected chi connectivity index (χ0v) is 16.6. The number of aliphatic carboxylic acids is 2. The molecule has 28 heavy (non-hydrogen) atoms. The van der Waals surface area contributed by atoms with E-state index < -0.39 is 11.9 Å². The van der Waals surface area contributed by atoms with Crippen molar-refractivity contribution in [3.63, 3.8) is 0 Å². The fraction of sp³-hybridized carbons (Fsp3) is 0.571. The van der Waals surface area contributed by atoms with E-state index in [-0.39, 0.29) is 5.91 Å². The number of hydrogen-bond acceptors (Lipinski definition) is 4. The minimum absolute atomic E-state index is 0.194. The molecule has 0 bridgehead atoms. The lowest BCUT2D eigenvalue weighted by Crippen LogP contribution is -2.50. The summed E-state index contributed by atoms with van der Waals surface area (Å²) in [6.07, 6.45) is 3.61. The largest absolute Gasteiger partial charge is 0.473 e. The lowest BCUT2D eigenvalue weighted by molar-refractivity contribution is -0.159. The molecule has 3 rings (SSSR count). The Morgan fingerprint density at radius 3 is 1.86 bits per heavy atom. The Kier molecular flexibility index (Phi) is 7.99. The van der Waals surface area contributed by atoms with Crippen LogP contribution in [0.1, 0.15) is 43.5 Å². The summed E-state index contributed by atoms with van der Waals surface area (Å²) in [6.45, 7) is 9.02. The van der Waals surface area contributed by atoms with Crippen LogP contribution in [0.4, 0.5) is 0 Å². The van der Waals surface area contributed by atoms with Crippen LogP contribution >= 0.6 is 0 Å². The van der Waals surface area contributed by atoms with Crippen LogP contribution < -0.4 is 0 Å². The molecule has 0 saturated carbocycles. The third-order valence-corrected chi connectivity index (χ3v) is 5.37. The summed E-state index contributed by atoms with van der Waals surface area (Å²) in [5.74, 6) is -1.83. The first kappa shape index (κ1) is 21.9. The maximum absolute atomic E-state index is 12.5. The summed E-state index contributed by atoms with van der Waals surface area (Å²) in [5.41, 5.74) is 0.821. The van der Waals surface area contributed by atoms with Crippen LogP contribution in [0.15, 0.2) is 30.3 Å². The molecule has 2 aliphatic heterocycles. The van der Waals surface area contributed by atoms with Crippen molar-refractivity contribution in [2.24, 2.45) is 11.8 Å². The molecule has 2 saturated heterocycles. The highest BCUT2D eigenvalue weighted by atomic mass is 16.4. The van der Waals surface area contributed by atoms with Crippen LogP contribution in [-0.2, 0) is 9.59 Å². The number of hydrogen-bond donors (Lipinski definition) is 2. The van der Waals surface area contributed by atoms with E-state index in [4.69, 9.17) is 19.8 Å². The summed E-state index contributed by atoms with van der Waals surface area (Å²) in [5, 5.41) is 14.8. The minimum Gasteiger partial charge on any atom is -0.473 e. The standard InChI is InChI=1S/C19H28N2O.C2H2O4/c1-15-12-16(2)14-21(13-15)18-8-10-20(11-9-18)19(22)17-6-4-3-5-7-17;3-1(4)2(5)6/h3-7,15-16,18H,8-14H2,1-2H3;(H,3,4)(H,5,6). The van der Waals surface area contributed by atoms with Crippen LogP contribution in [0, 0.1) is 11.8 Å². The Hall–Kier alpha value is -2.41. The van der Waals surface area contributed by atoms with Crippen molar-refractivity contribution in [3.05, 3.63) is 35.9 Å². The Bertz CT molecular complexity index is 649. The fourth-order valence-electron chi connectivity index (χ4n) is 4.21. The van der Waals surface area contributed by atoms with Gasteiger partial charge in [-0.15, -0.1) is 0 Å². The van der Waals surface area contributed by atoms with Crippen LogP contribution in [0.3, 0.4) is 0 Å². The molecule has 0 aliphatic carbocycles. The van der Waals surface area contributed by atoms with E-state index in [1.165, 1.54) is 19.5 Å². The number of carbonyl (C=O) groups is 3. The monoisotopic (exact) mass is 390 g/mol. The van der Waals surface area contributed by atoms with Crippen LogP contribution in [0.2, 0.25) is 0 Å². The second kappa shape index (κ2) is 10.2. The summed E-state index contributed by atoms with van der Waals surface area (Å²) in [6, 6.07) is 10.4. The molecule has 154 valence electrons. The molecule has 2 unspecified atom stereocenters. The highest BCUT2D eigenvalue weighted by Gasteiger charge is 2.31. The lowest BCUT2D eigenvalue weighted by atomic mass is 9.89. The van der Waals surface area contributed by atoms with Gasteiger partial charge in [0.05, 0.1) is 0 Å². The molecule has 1 aromatic carbocycles. The second-order valence-corrected chi connectivity index (χ2v) is 7.90. The Morgan fingerprint density at radius 1 is 0.893 bits per heavy atom. The van der Waals surface area contributed by atoms with Crippen molar-refractivity contribution in [1.29, 1.82) is 0 Å². The minimum atomic E-state index is -1.82. The van der Waals surface area contributed by atoms with Gasteiger partial charge in [0, 0.05) is 37.8 Å². The molecule has 0 spiro atoms. The molecule has 1 aromatic rings. The van der Waals surface area contributed by atoms with Crippen LogP contribution in [-0.4, -0.2) is 70.1 Å². The number of carbonyl (C=O) groups excluding carboxylic acids is 1. The molecule has 1 amide bonds. The first-order valence-electron chi connectivity index (χ1n) is 9.82. The predicted octanol–water partition coefficient (Wildman–Crippen LogP) is 2.42. The summed E-state index contributed by atoms with van der Waals surface area (Å²) in [4.78, 5) is 35.4. The van der Waals surface area contributed by atoms with Gasteiger partial charge < -0.3 is 15.1 Å². The van der Waals surface area contributed by atoms with Crippen molar-refractivity contribution < 1.29 is 24.6 Å². The van der Waals surface area contributed by atoms with Gasteiger partial charge in [-0.05, 0) is 43.2 Å². The van der Waals surface area contributed by atoms with Gasteiger partial charge in [0.2, 0.25) is 0 Å². The van der Waals surface area contributed by atoms with Crippen LogP contribution in [0.5, 0.6) is 0 Å². The number of benzene rings is 1. The molecule has 0 radical (unpaired) electrons. The number of rotatable bonds is 2. The van der Waals surface area contributed by atoms with E-state index in [2.05, 4.69) is 18.7 Å². The molecule has 7 nitrogen and oxygen atoms in total. The van der Waals surface area contributed by atoms with Crippen molar-refractivity contribution in [2.45, 2.75) is 39.2 Å². The smallest absolute Gasteiger partial charge is 0.414 e. The number of carboxylic acid groups (broad SMARTS) is 2. The summed E-state index contributed by atoms with van der Waals surface area (Å²) in [7, 11) is 0. The number of piperidine rings is 2. The Balaban J connectivity index is 0.000000409. The van der Waals surface area contributed by atoms with Gasteiger partial charge >= 0.3 is 11.9 Å². The van der Waals surface area contributed by atoms with E-state index in [1.54, 1.807) is 0 Å². The summed E-state index contributed by atoms with van der Waals surface area (Å²) < 4.78 is 0. The zero-order chi connectivity index (χ0) is 20.7. The van der Waals surface area contributed by atoms with E-state index in [9.17, 15) is 4.79 Å². The Labute approximate surface area is 165 Å². The number of carboxylic acids is 2. The lowest BCUT2D eigenvalue weighted by Gasteiger charge is -2.43. The van der Waals surface area contributed by atoms with E-state index in [0.717, 1.165) is 43.3 Å². The van der Waals surface area contributed by atoms with Gasteiger partial charge in [-0.25, -0.2) is 9.59 Å². The van der Waals surface area contributed by atoms with Gasteiger partial charge in [-0.1, -0.05) is 32.0 Å². The van der Waals surface area contributed by atoms with E-state index in [0.29, 0.717) is 6.04 Å². The fourth-order valence-corrected chi connectivity index (χ4v) is 4.21. The highest BCUT2D eigenvalue weighted by molar-refractivity contribution is 6.27. The molecule has 0 aromatic heterocycles. The Morgan fingerprint density at radius 2 is 1.39 bits per heavy atom. The topological polar surface area (TPSA) is 98.2 Å². The molecular formula is C21H30N2O5. The SMILES string of the molecule is CC1CC(C)CN(C2CCN(C(=O)c3ccccc3)CC2)C1.O=C(O)C(=O)O. The number of likely N-dealkylation sites (tertiary alicyclic amines) is 2. The normalized spacial score (nSPS) is 23.4. The molecule has 2 heterocycles. The quantitative estimate of drug-likeness (QED) is 0.753. The summed E-state index contributed by atoms with van der Waals surface area (Å²) >= 11 is 0. The van der Waals surface area contributed by atoms with Crippen molar-refractivity contribution in [3.8, 4) is 0 Å². The van der Waals surface area contributed by atoms with Crippen molar-refractivity contribution >= 4 is 17.8 Å². The van der Waals surface area contributed by atoms with E-state index >= 15 is 0 Å². The van der Waals surface area contributed by atoms with Gasteiger partial charge in [0.1, 0.15) is 0 Å². The van der Waals surface area contributed by atoms with Crippen LogP contribution in [0.25, 0.3) is 0 Å². The second-order valence-electron chi connectivity index (χ2n) is 7.90. The van der Waals surface area contributed by atoms with Crippen molar-refractivity contribution in [1.82, 2.24) is 9.80 Å². The molecule has 7 heteroatoms. The first-order valence-corrected chi connectivity index (χ1v) is 9.82. The maximum Gasteiger partial charge on any atom is 0.414 e.